The van der Waals surface area contributed by atoms with Gasteiger partial charge in [-0.25, -0.2) is 4.98 Å². The minimum absolute atomic E-state index is 0.0833. The molecule has 2 aromatic heterocycles. The minimum Gasteiger partial charge on any atom is -0.481 e. The van der Waals surface area contributed by atoms with Crippen LogP contribution in [-0.2, 0) is 9.59 Å². The summed E-state index contributed by atoms with van der Waals surface area (Å²) in [6.45, 7) is 6.57. The minimum atomic E-state index is -1.05. The third kappa shape index (κ3) is 5.20. The zero-order valence-electron chi connectivity index (χ0n) is 17.1. The molecule has 3 rings (SSSR count). The van der Waals surface area contributed by atoms with Crippen molar-refractivity contribution in [2.75, 3.05) is 24.5 Å². The molecule has 8 nitrogen and oxygen atoms in total. The lowest BCUT2D eigenvalue weighted by molar-refractivity contribution is -0.139. The number of aryl methyl sites for hydroxylation is 1. The number of amides is 1. The highest BCUT2D eigenvalue weighted by Gasteiger charge is 2.37. The summed E-state index contributed by atoms with van der Waals surface area (Å²) in [5, 5.41) is 22.7. The molecule has 1 aliphatic heterocycles. The fourth-order valence-corrected chi connectivity index (χ4v) is 3.80. The summed E-state index contributed by atoms with van der Waals surface area (Å²) in [4.78, 5) is 34.2. The Balaban J connectivity index is 1.64. The van der Waals surface area contributed by atoms with Crippen molar-refractivity contribution in [1.29, 1.82) is 0 Å². The van der Waals surface area contributed by atoms with Gasteiger partial charge in [0.1, 0.15) is 11.1 Å². The molecule has 0 bridgehead atoms. The number of anilines is 1. The van der Waals surface area contributed by atoms with E-state index in [2.05, 4.69) is 20.2 Å². The van der Waals surface area contributed by atoms with Crippen LogP contribution in [0.25, 0.3) is 11.0 Å². The summed E-state index contributed by atoms with van der Waals surface area (Å²) < 4.78 is 0. The van der Waals surface area contributed by atoms with Gasteiger partial charge in [0.2, 0.25) is 5.91 Å². The second-order valence-corrected chi connectivity index (χ2v) is 8.73. The van der Waals surface area contributed by atoms with Gasteiger partial charge in [-0.1, -0.05) is 13.8 Å². The number of nitrogens with zero attached hydrogens (tertiary/aromatic N) is 3. The van der Waals surface area contributed by atoms with E-state index in [9.17, 15) is 14.7 Å². The van der Waals surface area contributed by atoms with E-state index < -0.39 is 17.0 Å². The average Bonchev–Trinajstić information content (AvgIpc) is 3.00. The lowest BCUT2D eigenvalue weighted by Gasteiger charge is -2.26. The third-order valence-electron chi connectivity index (χ3n) is 5.26. The lowest BCUT2D eigenvalue weighted by atomic mass is 9.85. The zero-order valence-corrected chi connectivity index (χ0v) is 17.1. The van der Waals surface area contributed by atoms with Crippen molar-refractivity contribution in [2.24, 2.45) is 5.41 Å². The predicted molar refractivity (Wildman–Crippen MR) is 110 cm³/mol. The van der Waals surface area contributed by atoms with Gasteiger partial charge in [-0.2, -0.15) is 0 Å². The van der Waals surface area contributed by atoms with E-state index in [-0.39, 0.29) is 25.3 Å². The zero-order chi connectivity index (χ0) is 21.2. The first-order valence-electron chi connectivity index (χ1n) is 9.75. The Bertz CT molecular complexity index is 930. The number of aliphatic hydroxyl groups is 1. The first kappa shape index (κ1) is 21.0. The summed E-state index contributed by atoms with van der Waals surface area (Å²) >= 11 is 0. The summed E-state index contributed by atoms with van der Waals surface area (Å²) in [7, 11) is 0. The second-order valence-electron chi connectivity index (χ2n) is 8.73. The number of hydrogen-bond acceptors (Lipinski definition) is 6. The molecule has 0 unspecified atom stereocenters. The maximum absolute atomic E-state index is 12.3. The molecule has 3 heterocycles. The van der Waals surface area contributed by atoms with Gasteiger partial charge in [0.05, 0.1) is 17.6 Å². The van der Waals surface area contributed by atoms with Gasteiger partial charge >= 0.3 is 5.97 Å². The van der Waals surface area contributed by atoms with Crippen LogP contribution in [0.5, 0.6) is 0 Å². The van der Waals surface area contributed by atoms with Crippen LogP contribution in [0.2, 0.25) is 0 Å². The monoisotopic (exact) mass is 400 g/mol. The van der Waals surface area contributed by atoms with E-state index in [1.165, 1.54) is 0 Å². The number of nitrogens with one attached hydrogen (secondary N) is 1. The van der Waals surface area contributed by atoms with Crippen molar-refractivity contribution in [2.45, 2.75) is 45.6 Å². The number of carboxylic acids is 1. The summed E-state index contributed by atoms with van der Waals surface area (Å²) in [5.41, 5.74) is 1.74. The number of carbonyl (C=O) groups is 2. The topological polar surface area (TPSA) is 116 Å². The molecule has 156 valence electrons. The highest BCUT2D eigenvalue weighted by Crippen LogP contribution is 2.31. The van der Waals surface area contributed by atoms with Gasteiger partial charge in [0, 0.05) is 37.9 Å². The molecule has 1 fully saturated rings. The first-order chi connectivity index (χ1) is 13.6. The number of fused-ring (bicyclic) bond motifs is 1. The standard InChI is InChI=1S/C21H28N4O4/c1-14-4-5-15-19(24-14)16(6-8-22-15)25-9-7-21(29,13-25)12-23-17(26)10-20(2,3)11-18(27)28/h4-6,8,29H,7,9-13H2,1-3H3,(H,23,26)(H,27,28)/t21-/m1/s1. The van der Waals surface area contributed by atoms with Crippen molar-refractivity contribution < 1.29 is 19.8 Å². The molecule has 1 atom stereocenters. The van der Waals surface area contributed by atoms with Crippen LogP contribution in [0.4, 0.5) is 5.69 Å². The van der Waals surface area contributed by atoms with Crippen LogP contribution in [0.1, 0.15) is 38.8 Å². The molecular weight excluding hydrogens is 372 g/mol. The van der Waals surface area contributed by atoms with Gasteiger partial charge in [0.15, 0.2) is 0 Å². The Hall–Kier alpha value is -2.74. The fraction of sp³-hybridized carbons (Fsp3) is 0.524. The average molecular weight is 400 g/mol. The quantitative estimate of drug-likeness (QED) is 0.650. The highest BCUT2D eigenvalue weighted by molar-refractivity contribution is 5.88. The van der Waals surface area contributed by atoms with Crippen LogP contribution in [0.3, 0.4) is 0 Å². The van der Waals surface area contributed by atoms with Crippen LogP contribution >= 0.6 is 0 Å². The molecule has 2 aromatic rings. The van der Waals surface area contributed by atoms with Gasteiger partial charge in [0.25, 0.3) is 0 Å². The Morgan fingerprint density at radius 2 is 2.03 bits per heavy atom. The molecule has 3 N–H and O–H groups in total. The van der Waals surface area contributed by atoms with Gasteiger partial charge in [-0.15, -0.1) is 0 Å². The first-order valence-corrected chi connectivity index (χ1v) is 9.75. The molecule has 0 saturated carbocycles. The third-order valence-corrected chi connectivity index (χ3v) is 5.26. The predicted octanol–water partition coefficient (Wildman–Crippen LogP) is 1.89. The van der Waals surface area contributed by atoms with Crippen molar-refractivity contribution in [1.82, 2.24) is 15.3 Å². The van der Waals surface area contributed by atoms with Crippen molar-refractivity contribution in [3.05, 3.63) is 30.1 Å². The van der Waals surface area contributed by atoms with Crippen LogP contribution in [0, 0.1) is 12.3 Å². The van der Waals surface area contributed by atoms with Crippen molar-refractivity contribution in [3.8, 4) is 0 Å². The smallest absolute Gasteiger partial charge is 0.303 e. The number of aromatic nitrogens is 2. The van der Waals surface area contributed by atoms with Gasteiger partial charge in [-0.05, 0) is 37.0 Å². The summed E-state index contributed by atoms with van der Waals surface area (Å²) in [6.07, 6.45) is 2.26. The number of aliphatic carboxylic acids is 1. The SMILES string of the molecule is Cc1ccc2nccc(N3CC[C@@](O)(CNC(=O)CC(C)(C)CC(=O)O)C3)c2n1. The van der Waals surface area contributed by atoms with Crippen LogP contribution in [0.15, 0.2) is 24.4 Å². The second kappa shape index (κ2) is 7.94. The molecule has 1 saturated heterocycles. The maximum Gasteiger partial charge on any atom is 0.303 e. The molecule has 0 aromatic carbocycles. The van der Waals surface area contributed by atoms with Crippen molar-refractivity contribution >= 4 is 28.6 Å². The number of hydrogen-bond donors (Lipinski definition) is 3. The molecule has 1 amide bonds. The lowest BCUT2D eigenvalue weighted by Crippen LogP contribution is -2.45. The van der Waals surface area contributed by atoms with Gasteiger partial charge < -0.3 is 20.4 Å². The summed E-state index contributed by atoms with van der Waals surface area (Å²) in [5.74, 6) is -1.18. The van der Waals surface area contributed by atoms with Gasteiger partial charge in [-0.3, -0.25) is 14.6 Å². The number of pyridine rings is 2. The molecule has 29 heavy (non-hydrogen) atoms. The molecule has 8 heteroatoms. The molecule has 0 spiro atoms. The van der Waals surface area contributed by atoms with E-state index in [0.717, 1.165) is 22.4 Å². The Labute approximate surface area is 170 Å². The molecule has 0 aliphatic carbocycles. The molecular formula is C21H28N4O4. The van der Waals surface area contributed by atoms with Crippen molar-refractivity contribution in [3.63, 3.8) is 0 Å². The summed E-state index contributed by atoms with van der Waals surface area (Å²) in [6, 6.07) is 5.75. The van der Waals surface area contributed by atoms with E-state index in [1.54, 1.807) is 20.0 Å². The Kier molecular flexibility index (Phi) is 5.75. The van der Waals surface area contributed by atoms with E-state index in [4.69, 9.17) is 5.11 Å². The van der Waals surface area contributed by atoms with E-state index in [0.29, 0.717) is 19.5 Å². The Morgan fingerprint density at radius 3 is 2.76 bits per heavy atom. The highest BCUT2D eigenvalue weighted by atomic mass is 16.4. The van der Waals surface area contributed by atoms with Crippen LogP contribution in [-0.4, -0.2) is 57.3 Å². The number of β-amino-alcohol motifs (C(OH)–C–C–N with tert-alkyl or cyclic N) is 1. The maximum atomic E-state index is 12.3. The molecule has 0 radical (unpaired) electrons. The fourth-order valence-electron chi connectivity index (χ4n) is 3.80. The number of carboxylic acid groups (broad SMARTS) is 1. The van der Waals surface area contributed by atoms with Crippen LogP contribution < -0.4 is 10.2 Å². The van der Waals surface area contributed by atoms with E-state index >= 15 is 0 Å². The van der Waals surface area contributed by atoms with E-state index in [1.807, 2.05) is 25.1 Å². The molecule has 1 aliphatic rings. The largest absolute Gasteiger partial charge is 0.481 e. The Morgan fingerprint density at radius 1 is 1.28 bits per heavy atom. The number of carbonyl (C=O) groups excluding carboxylic acids is 1. The normalized spacial score (nSPS) is 19.5. The number of rotatable bonds is 7.